The number of benzene rings is 1. The summed E-state index contributed by atoms with van der Waals surface area (Å²) < 4.78 is 13.5. The maximum Gasteiger partial charge on any atom is 0.257 e. The normalized spacial score (nSPS) is 16.1. The Morgan fingerprint density at radius 3 is 2.55 bits per heavy atom. The van der Waals surface area contributed by atoms with Crippen LogP contribution in [0.1, 0.15) is 38.7 Å². The first-order valence-electron chi connectivity index (χ1n) is 7.28. The number of carbonyl (C=O) groups excluding carboxylic acids is 1. The summed E-state index contributed by atoms with van der Waals surface area (Å²) in [6.07, 6.45) is 3.70. The number of nitrogens with zero attached hydrogens (tertiary/aromatic N) is 1. The summed E-state index contributed by atoms with van der Waals surface area (Å²) in [5.74, 6) is -0.564. The van der Waals surface area contributed by atoms with Crippen LogP contribution in [0.3, 0.4) is 0 Å². The number of rotatable bonds is 4. The summed E-state index contributed by atoms with van der Waals surface area (Å²) in [6, 6.07) is 8.03. The predicted octanol–water partition coefficient (Wildman–Crippen LogP) is 3.04. The largest absolute Gasteiger partial charge is 0.371 e. The Hall–Kier alpha value is -1.58. The van der Waals surface area contributed by atoms with Crippen LogP contribution in [-0.2, 0) is 11.3 Å². The Labute approximate surface area is 120 Å². The van der Waals surface area contributed by atoms with Gasteiger partial charge in [0.15, 0.2) is 5.67 Å². The van der Waals surface area contributed by atoms with Crippen molar-refractivity contribution in [3.05, 3.63) is 29.8 Å². The van der Waals surface area contributed by atoms with Crippen LogP contribution in [0.2, 0.25) is 0 Å². The minimum absolute atomic E-state index is 0.374. The molecule has 1 aliphatic rings. The van der Waals surface area contributed by atoms with E-state index in [0.717, 1.165) is 24.3 Å². The van der Waals surface area contributed by atoms with Crippen molar-refractivity contribution in [2.45, 2.75) is 45.3 Å². The van der Waals surface area contributed by atoms with Gasteiger partial charge in [0.1, 0.15) is 0 Å². The topological polar surface area (TPSA) is 32.3 Å². The maximum atomic E-state index is 13.5. The average Bonchev–Trinajstić information content (AvgIpc) is 2.45. The molecule has 3 nitrogen and oxygen atoms in total. The Bertz CT molecular complexity index is 462. The van der Waals surface area contributed by atoms with Gasteiger partial charge in [0, 0.05) is 25.3 Å². The molecule has 1 aromatic carbocycles. The number of amides is 1. The molecule has 110 valence electrons. The zero-order valence-corrected chi connectivity index (χ0v) is 12.3. The second kappa shape index (κ2) is 6.25. The minimum atomic E-state index is -1.83. The van der Waals surface area contributed by atoms with Gasteiger partial charge in [-0.3, -0.25) is 4.79 Å². The summed E-state index contributed by atoms with van der Waals surface area (Å²) in [6.45, 7) is 5.04. The predicted molar refractivity (Wildman–Crippen MR) is 79.5 cm³/mol. The van der Waals surface area contributed by atoms with Gasteiger partial charge in [0.2, 0.25) is 0 Å². The standard InChI is InChI=1S/C16H23FN2O/c1-16(2,17)15(20)18-12-13-8-4-5-9-14(13)19-10-6-3-7-11-19/h4-5,8-9H,3,6-7,10-12H2,1-2H3,(H,18,20). The second-order valence-corrected chi connectivity index (χ2v) is 5.83. The van der Waals surface area contributed by atoms with Gasteiger partial charge in [-0.05, 0) is 44.7 Å². The van der Waals surface area contributed by atoms with Crippen molar-refractivity contribution in [3.63, 3.8) is 0 Å². The fourth-order valence-corrected chi connectivity index (χ4v) is 2.49. The van der Waals surface area contributed by atoms with Crippen molar-refractivity contribution in [2.75, 3.05) is 18.0 Å². The van der Waals surface area contributed by atoms with E-state index in [0.29, 0.717) is 6.54 Å². The monoisotopic (exact) mass is 278 g/mol. The molecule has 0 aromatic heterocycles. The molecule has 2 rings (SSSR count). The number of anilines is 1. The van der Waals surface area contributed by atoms with Gasteiger partial charge in [0.25, 0.3) is 5.91 Å². The van der Waals surface area contributed by atoms with E-state index in [4.69, 9.17) is 0 Å². The number of para-hydroxylation sites is 1. The van der Waals surface area contributed by atoms with Crippen LogP contribution >= 0.6 is 0 Å². The lowest BCUT2D eigenvalue weighted by molar-refractivity contribution is -0.130. The molecule has 0 aliphatic carbocycles. The fourth-order valence-electron chi connectivity index (χ4n) is 2.49. The lowest BCUT2D eigenvalue weighted by Crippen LogP contribution is -2.38. The number of hydrogen-bond donors (Lipinski definition) is 1. The highest BCUT2D eigenvalue weighted by molar-refractivity contribution is 5.84. The van der Waals surface area contributed by atoms with Crippen molar-refractivity contribution in [2.24, 2.45) is 0 Å². The minimum Gasteiger partial charge on any atom is -0.371 e. The molecule has 1 aromatic rings. The van der Waals surface area contributed by atoms with Crippen LogP contribution in [0.5, 0.6) is 0 Å². The molecule has 0 radical (unpaired) electrons. The van der Waals surface area contributed by atoms with Gasteiger partial charge < -0.3 is 10.2 Å². The first kappa shape index (κ1) is 14.8. The van der Waals surface area contributed by atoms with Crippen molar-refractivity contribution >= 4 is 11.6 Å². The molecular weight excluding hydrogens is 255 g/mol. The first-order chi connectivity index (χ1) is 9.48. The van der Waals surface area contributed by atoms with Crippen molar-refractivity contribution in [3.8, 4) is 0 Å². The molecule has 1 amide bonds. The number of nitrogens with one attached hydrogen (secondary N) is 1. The Balaban J connectivity index is 2.06. The smallest absolute Gasteiger partial charge is 0.257 e. The Morgan fingerprint density at radius 2 is 1.90 bits per heavy atom. The Morgan fingerprint density at radius 1 is 1.25 bits per heavy atom. The maximum absolute atomic E-state index is 13.5. The van der Waals surface area contributed by atoms with E-state index < -0.39 is 11.6 Å². The number of carbonyl (C=O) groups is 1. The summed E-state index contributed by atoms with van der Waals surface area (Å²) in [4.78, 5) is 14.0. The zero-order valence-electron chi connectivity index (χ0n) is 12.3. The highest BCUT2D eigenvalue weighted by Crippen LogP contribution is 2.24. The third-order valence-electron chi connectivity index (χ3n) is 3.67. The highest BCUT2D eigenvalue weighted by Gasteiger charge is 2.26. The molecule has 1 fully saturated rings. The van der Waals surface area contributed by atoms with E-state index in [2.05, 4.69) is 16.3 Å². The summed E-state index contributed by atoms with van der Waals surface area (Å²) in [5, 5.41) is 2.68. The Kier molecular flexibility index (Phi) is 4.63. The van der Waals surface area contributed by atoms with Gasteiger partial charge in [-0.2, -0.15) is 0 Å². The van der Waals surface area contributed by atoms with Gasteiger partial charge in [-0.1, -0.05) is 18.2 Å². The number of halogens is 1. The molecule has 0 spiro atoms. The van der Waals surface area contributed by atoms with Gasteiger partial charge in [-0.15, -0.1) is 0 Å². The molecule has 0 bridgehead atoms. The SMILES string of the molecule is CC(C)(F)C(=O)NCc1ccccc1N1CCCCC1. The van der Waals surface area contributed by atoms with Crippen LogP contribution < -0.4 is 10.2 Å². The number of hydrogen-bond acceptors (Lipinski definition) is 2. The van der Waals surface area contributed by atoms with Gasteiger partial charge >= 0.3 is 0 Å². The third-order valence-corrected chi connectivity index (χ3v) is 3.67. The van der Waals surface area contributed by atoms with Crippen molar-refractivity contribution in [1.82, 2.24) is 5.32 Å². The molecule has 0 saturated carbocycles. The van der Waals surface area contributed by atoms with Crippen molar-refractivity contribution in [1.29, 1.82) is 0 Å². The quantitative estimate of drug-likeness (QED) is 0.918. The van der Waals surface area contributed by atoms with Crippen LogP contribution in [0.4, 0.5) is 10.1 Å². The summed E-state index contributed by atoms with van der Waals surface area (Å²) in [7, 11) is 0. The molecule has 1 N–H and O–H groups in total. The van der Waals surface area contributed by atoms with E-state index in [-0.39, 0.29) is 0 Å². The first-order valence-corrected chi connectivity index (χ1v) is 7.28. The zero-order chi connectivity index (χ0) is 14.6. The van der Waals surface area contributed by atoms with Crippen LogP contribution in [0, 0.1) is 0 Å². The van der Waals surface area contributed by atoms with Crippen LogP contribution in [-0.4, -0.2) is 24.7 Å². The molecule has 1 heterocycles. The summed E-state index contributed by atoms with van der Waals surface area (Å²) >= 11 is 0. The number of alkyl halides is 1. The van der Waals surface area contributed by atoms with Crippen molar-refractivity contribution < 1.29 is 9.18 Å². The molecule has 0 atom stereocenters. The molecule has 20 heavy (non-hydrogen) atoms. The van der Waals surface area contributed by atoms with E-state index in [1.165, 1.54) is 33.1 Å². The molecule has 0 unspecified atom stereocenters. The summed E-state index contributed by atoms with van der Waals surface area (Å²) in [5.41, 5.74) is 0.372. The van der Waals surface area contributed by atoms with E-state index in [1.54, 1.807) is 0 Å². The lowest BCUT2D eigenvalue weighted by Gasteiger charge is -2.30. The second-order valence-electron chi connectivity index (χ2n) is 5.83. The molecular formula is C16H23FN2O. The molecule has 1 saturated heterocycles. The van der Waals surface area contributed by atoms with Gasteiger partial charge in [-0.25, -0.2) is 4.39 Å². The average molecular weight is 278 g/mol. The van der Waals surface area contributed by atoms with E-state index >= 15 is 0 Å². The fraction of sp³-hybridized carbons (Fsp3) is 0.562. The highest BCUT2D eigenvalue weighted by atomic mass is 19.1. The van der Waals surface area contributed by atoms with Crippen LogP contribution in [0.15, 0.2) is 24.3 Å². The van der Waals surface area contributed by atoms with E-state index in [9.17, 15) is 9.18 Å². The van der Waals surface area contributed by atoms with Gasteiger partial charge in [0.05, 0.1) is 0 Å². The lowest BCUT2D eigenvalue weighted by atomic mass is 10.1. The third kappa shape index (κ3) is 3.71. The molecule has 1 aliphatic heterocycles. The molecule has 4 heteroatoms. The van der Waals surface area contributed by atoms with E-state index in [1.807, 2.05) is 18.2 Å². The number of piperidine rings is 1. The van der Waals surface area contributed by atoms with Crippen LogP contribution in [0.25, 0.3) is 0 Å².